The molecule has 1 aliphatic rings. The third kappa shape index (κ3) is 3.66. The van der Waals surface area contributed by atoms with E-state index in [-0.39, 0.29) is 34.3 Å². The Kier molecular flexibility index (Phi) is 4.01. The molecule has 25 heavy (non-hydrogen) atoms. The van der Waals surface area contributed by atoms with Crippen LogP contribution in [0.5, 0.6) is 11.5 Å². The molecule has 0 aliphatic carbocycles. The van der Waals surface area contributed by atoms with Gasteiger partial charge in [0.2, 0.25) is 5.78 Å². The van der Waals surface area contributed by atoms with Gasteiger partial charge in [0.1, 0.15) is 11.5 Å². The molecule has 9 heteroatoms. The lowest BCUT2D eigenvalue weighted by atomic mass is 10.1. The Labute approximate surface area is 142 Å². The summed E-state index contributed by atoms with van der Waals surface area (Å²) in [7, 11) is -3.69. The van der Waals surface area contributed by atoms with Gasteiger partial charge in [-0.05, 0) is 35.9 Å². The van der Waals surface area contributed by atoms with Crippen LogP contribution in [0.1, 0.15) is 15.9 Å². The number of rotatable bonds is 4. The predicted octanol–water partition coefficient (Wildman–Crippen LogP) is 2.55. The summed E-state index contributed by atoms with van der Waals surface area (Å²) >= 11 is 0. The minimum absolute atomic E-state index is 0.0281. The minimum Gasteiger partial charge on any atom is -0.452 e. The van der Waals surface area contributed by atoms with Gasteiger partial charge < -0.3 is 8.92 Å². The third-order valence-corrected chi connectivity index (χ3v) is 3.79. The molecule has 0 aromatic heterocycles. The number of fused-ring (bicyclic) bond motifs is 1. The molecule has 0 unspecified atom stereocenters. The number of nitro benzene ring substituents is 1. The first kappa shape index (κ1) is 16.7. The number of ether oxygens (including phenoxy) is 1. The number of hydrogen-bond acceptors (Lipinski definition) is 7. The third-order valence-electron chi connectivity index (χ3n) is 3.29. The Morgan fingerprint density at radius 2 is 1.84 bits per heavy atom. The van der Waals surface area contributed by atoms with Gasteiger partial charge in [-0.25, -0.2) is 0 Å². The van der Waals surface area contributed by atoms with Crippen LogP contribution in [0.3, 0.4) is 0 Å². The number of carbonyl (C=O) groups excluding carboxylic acids is 1. The SMILES string of the molecule is CS(=O)(=O)Oc1ccc2c(c1)O/C(=C\c1ccc([N+](=O)[O-])cc1)C2=O. The van der Waals surface area contributed by atoms with Crippen molar-refractivity contribution in [2.75, 3.05) is 6.26 Å². The van der Waals surface area contributed by atoms with Crippen LogP contribution in [0, 0.1) is 10.1 Å². The Bertz CT molecular complexity index is 1010. The van der Waals surface area contributed by atoms with E-state index >= 15 is 0 Å². The van der Waals surface area contributed by atoms with Gasteiger partial charge >= 0.3 is 10.1 Å². The average molecular weight is 361 g/mol. The summed E-state index contributed by atoms with van der Waals surface area (Å²) in [6.07, 6.45) is 2.36. The van der Waals surface area contributed by atoms with Gasteiger partial charge in [-0.2, -0.15) is 8.42 Å². The number of Topliss-reactive ketones (excluding diaryl/α,β-unsaturated/α-hetero) is 1. The van der Waals surface area contributed by atoms with Gasteiger partial charge in [-0.15, -0.1) is 0 Å². The highest BCUT2D eigenvalue weighted by Gasteiger charge is 2.28. The number of ketones is 1. The van der Waals surface area contributed by atoms with Gasteiger partial charge in [-0.1, -0.05) is 0 Å². The first-order chi connectivity index (χ1) is 11.7. The molecule has 3 rings (SSSR count). The fourth-order valence-corrected chi connectivity index (χ4v) is 2.69. The van der Waals surface area contributed by atoms with Crippen molar-refractivity contribution in [3.8, 4) is 11.5 Å². The highest BCUT2D eigenvalue weighted by Crippen LogP contribution is 2.35. The monoisotopic (exact) mass is 361 g/mol. The molecule has 0 N–H and O–H groups in total. The van der Waals surface area contributed by atoms with Crippen LogP contribution in [0.15, 0.2) is 48.2 Å². The maximum Gasteiger partial charge on any atom is 0.306 e. The van der Waals surface area contributed by atoms with Gasteiger partial charge in [0.25, 0.3) is 5.69 Å². The van der Waals surface area contributed by atoms with Crippen molar-refractivity contribution in [1.82, 2.24) is 0 Å². The molecule has 128 valence electrons. The zero-order valence-corrected chi connectivity index (χ0v) is 13.6. The fourth-order valence-electron chi connectivity index (χ4n) is 2.24. The van der Waals surface area contributed by atoms with Crippen molar-refractivity contribution >= 4 is 27.7 Å². The van der Waals surface area contributed by atoms with Crippen LogP contribution in [0.25, 0.3) is 6.08 Å². The van der Waals surface area contributed by atoms with Crippen LogP contribution in [-0.4, -0.2) is 25.4 Å². The van der Waals surface area contributed by atoms with E-state index in [1.165, 1.54) is 48.5 Å². The topological polar surface area (TPSA) is 113 Å². The highest BCUT2D eigenvalue weighted by atomic mass is 32.2. The predicted molar refractivity (Wildman–Crippen MR) is 87.9 cm³/mol. The molecule has 8 nitrogen and oxygen atoms in total. The molecule has 0 spiro atoms. The van der Waals surface area contributed by atoms with E-state index in [4.69, 9.17) is 8.92 Å². The van der Waals surface area contributed by atoms with Crippen LogP contribution in [0.2, 0.25) is 0 Å². The Morgan fingerprint density at radius 3 is 2.44 bits per heavy atom. The number of nitro groups is 1. The zero-order valence-electron chi connectivity index (χ0n) is 12.8. The molecular formula is C16H11NO7S. The van der Waals surface area contributed by atoms with Crippen molar-refractivity contribution < 1.29 is 27.1 Å². The zero-order chi connectivity index (χ0) is 18.2. The maximum absolute atomic E-state index is 12.3. The van der Waals surface area contributed by atoms with Gasteiger partial charge in [-0.3, -0.25) is 14.9 Å². The number of nitrogens with zero attached hydrogens (tertiary/aromatic N) is 1. The molecule has 0 atom stereocenters. The smallest absolute Gasteiger partial charge is 0.306 e. The lowest BCUT2D eigenvalue weighted by Crippen LogP contribution is -2.05. The molecule has 2 aromatic rings. The molecule has 0 fully saturated rings. The van der Waals surface area contributed by atoms with Crippen LogP contribution in [0.4, 0.5) is 5.69 Å². The van der Waals surface area contributed by atoms with Gasteiger partial charge in [0.05, 0.1) is 16.7 Å². The number of hydrogen-bond donors (Lipinski definition) is 0. The molecular weight excluding hydrogens is 350 g/mol. The van der Waals surface area contributed by atoms with Crippen molar-refractivity contribution in [2.24, 2.45) is 0 Å². The second-order valence-electron chi connectivity index (χ2n) is 5.23. The normalized spacial score (nSPS) is 14.9. The van der Waals surface area contributed by atoms with E-state index in [9.17, 15) is 23.3 Å². The summed E-state index contributed by atoms with van der Waals surface area (Å²) in [5.41, 5.74) is 0.759. The van der Waals surface area contributed by atoms with E-state index in [2.05, 4.69) is 0 Å². The van der Waals surface area contributed by atoms with Crippen molar-refractivity contribution in [1.29, 1.82) is 0 Å². The molecule has 0 amide bonds. The second kappa shape index (κ2) is 6.02. The number of non-ortho nitro benzene ring substituents is 1. The lowest BCUT2D eigenvalue weighted by Gasteiger charge is -2.03. The summed E-state index contributed by atoms with van der Waals surface area (Å²) in [4.78, 5) is 22.4. The Balaban J connectivity index is 1.87. The minimum atomic E-state index is -3.69. The molecule has 2 aromatic carbocycles. The van der Waals surface area contributed by atoms with Crippen molar-refractivity contribution in [3.63, 3.8) is 0 Å². The largest absolute Gasteiger partial charge is 0.452 e. The molecule has 0 bridgehead atoms. The van der Waals surface area contributed by atoms with E-state index < -0.39 is 15.0 Å². The molecule has 1 aliphatic heterocycles. The summed E-state index contributed by atoms with van der Waals surface area (Å²) in [5, 5.41) is 10.6. The first-order valence-corrected chi connectivity index (χ1v) is 8.77. The number of allylic oxidation sites excluding steroid dienone is 1. The first-order valence-electron chi connectivity index (χ1n) is 6.95. The summed E-state index contributed by atoms with van der Waals surface area (Å²) < 4.78 is 32.5. The Hall–Kier alpha value is -3.20. The second-order valence-corrected chi connectivity index (χ2v) is 6.81. The van der Waals surface area contributed by atoms with E-state index in [0.717, 1.165) is 6.26 Å². The quantitative estimate of drug-likeness (QED) is 0.356. The molecule has 0 saturated carbocycles. The summed E-state index contributed by atoms with van der Waals surface area (Å²) in [6, 6.07) is 9.69. The van der Waals surface area contributed by atoms with E-state index in [1.807, 2.05) is 0 Å². The summed E-state index contributed by atoms with van der Waals surface area (Å²) in [6.45, 7) is 0. The maximum atomic E-state index is 12.3. The highest BCUT2D eigenvalue weighted by molar-refractivity contribution is 7.86. The van der Waals surface area contributed by atoms with Gasteiger partial charge in [0, 0.05) is 18.2 Å². The summed E-state index contributed by atoms with van der Waals surface area (Å²) in [5.74, 6) is -0.135. The van der Waals surface area contributed by atoms with Crippen LogP contribution >= 0.6 is 0 Å². The molecule has 0 radical (unpaired) electrons. The average Bonchev–Trinajstić information content (AvgIpc) is 2.82. The van der Waals surface area contributed by atoms with Crippen molar-refractivity contribution in [3.05, 3.63) is 69.5 Å². The van der Waals surface area contributed by atoms with E-state index in [0.29, 0.717) is 5.56 Å². The lowest BCUT2D eigenvalue weighted by molar-refractivity contribution is -0.384. The number of benzene rings is 2. The fraction of sp³-hybridized carbons (Fsp3) is 0.0625. The molecule has 0 saturated heterocycles. The number of carbonyl (C=O) groups is 1. The van der Waals surface area contributed by atoms with Gasteiger partial charge in [0.15, 0.2) is 5.76 Å². The van der Waals surface area contributed by atoms with Crippen molar-refractivity contribution in [2.45, 2.75) is 0 Å². The van der Waals surface area contributed by atoms with Crippen LogP contribution in [-0.2, 0) is 10.1 Å². The standard InChI is InChI=1S/C16H11NO7S/c1-25(21,22)24-12-6-7-13-14(9-12)23-15(16(13)18)8-10-2-4-11(5-3-10)17(19)20/h2-9H,1H3/b15-8-. The Morgan fingerprint density at radius 1 is 1.16 bits per heavy atom. The van der Waals surface area contributed by atoms with E-state index in [1.54, 1.807) is 0 Å². The molecule has 1 heterocycles. The van der Waals surface area contributed by atoms with Crippen LogP contribution < -0.4 is 8.92 Å².